The third-order valence-electron chi connectivity index (χ3n) is 5.69. The van der Waals surface area contributed by atoms with E-state index in [0.29, 0.717) is 5.75 Å². The van der Waals surface area contributed by atoms with Gasteiger partial charge in [0.25, 0.3) is 0 Å². The van der Waals surface area contributed by atoms with Crippen molar-refractivity contribution in [1.29, 1.82) is 0 Å². The van der Waals surface area contributed by atoms with Gasteiger partial charge in [0.05, 0.1) is 12.3 Å². The van der Waals surface area contributed by atoms with E-state index in [1.807, 2.05) is 18.2 Å². The highest BCUT2D eigenvalue weighted by molar-refractivity contribution is 5.94. The van der Waals surface area contributed by atoms with Crippen LogP contribution in [0, 0.1) is 11.8 Å². The summed E-state index contributed by atoms with van der Waals surface area (Å²) in [5, 5.41) is 9.52. The van der Waals surface area contributed by atoms with Gasteiger partial charge in [-0.15, -0.1) is 0 Å². The summed E-state index contributed by atoms with van der Waals surface area (Å²) in [4.78, 5) is 23.5. The van der Waals surface area contributed by atoms with Crippen LogP contribution in [0.1, 0.15) is 83.1 Å². The first-order valence-electron chi connectivity index (χ1n) is 11.3. The molecule has 2 rings (SSSR count). The van der Waals surface area contributed by atoms with Gasteiger partial charge >= 0.3 is 11.9 Å². The lowest BCUT2D eigenvalue weighted by molar-refractivity contribution is -0.153. The van der Waals surface area contributed by atoms with Crippen molar-refractivity contribution >= 4 is 11.9 Å². The molecule has 0 spiro atoms. The van der Waals surface area contributed by atoms with Gasteiger partial charge in [0.15, 0.2) is 0 Å². The van der Waals surface area contributed by atoms with Gasteiger partial charge in [-0.2, -0.15) is 0 Å². The molecule has 0 saturated carbocycles. The Kier molecular flexibility index (Phi) is 10.5. The molecule has 160 valence electrons. The average molecular weight is 401 g/mol. The minimum atomic E-state index is -0.382. The lowest BCUT2D eigenvalue weighted by Crippen LogP contribution is -2.18. The molecule has 2 unspecified atom stereocenters. The van der Waals surface area contributed by atoms with Gasteiger partial charge in [0, 0.05) is 0 Å². The monoisotopic (exact) mass is 400 g/mol. The number of carbonyl (C=O) groups excluding carboxylic acids is 2. The van der Waals surface area contributed by atoms with E-state index in [2.05, 4.69) is 19.1 Å². The van der Waals surface area contributed by atoms with Crippen LogP contribution in [-0.2, 0) is 20.7 Å². The summed E-state index contributed by atoms with van der Waals surface area (Å²) < 4.78 is 4.79. The Bertz CT molecular complexity index is 665. The minimum Gasteiger partial charge on any atom is -0.508 e. The van der Waals surface area contributed by atoms with Crippen molar-refractivity contribution in [2.24, 2.45) is 11.8 Å². The predicted octanol–water partition coefficient (Wildman–Crippen LogP) is 6.12. The number of phenolic OH excluding ortho intramolecular Hbond substituents is 1. The number of aromatic hydroxyl groups is 1. The number of benzene rings is 1. The number of unbranched alkanes of at least 4 members (excludes halogenated alkanes) is 7. The maximum Gasteiger partial charge on any atom is 0.317 e. The first kappa shape index (κ1) is 23.2. The molecule has 1 N–H and O–H groups in total. The van der Waals surface area contributed by atoms with Crippen LogP contribution in [0.25, 0.3) is 0 Å². The summed E-state index contributed by atoms with van der Waals surface area (Å²) >= 11 is 0. The zero-order valence-corrected chi connectivity index (χ0v) is 17.8. The first-order chi connectivity index (χ1) is 14.1. The largest absolute Gasteiger partial charge is 0.508 e. The number of hydrogen-bond acceptors (Lipinski definition) is 4. The molecule has 1 fully saturated rings. The van der Waals surface area contributed by atoms with E-state index >= 15 is 0 Å². The number of rotatable bonds is 14. The van der Waals surface area contributed by atoms with Crippen molar-refractivity contribution in [3.63, 3.8) is 0 Å². The van der Waals surface area contributed by atoms with Gasteiger partial charge in [0.2, 0.25) is 0 Å². The molecule has 1 aliphatic rings. The van der Waals surface area contributed by atoms with Crippen LogP contribution in [0.3, 0.4) is 0 Å². The molecule has 29 heavy (non-hydrogen) atoms. The summed E-state index contributed by atoms with van der Waals surface area (Å²) in [7, 11) is 0. The number of cyclic esters (lactones) is 2. The van der Waals surface area contributed by atoms with Crippen molar-refractivity contribution in [3.8, 4) is 5.75 Å². The highest BCUT2D eigenvalue weighted by atomic mass is 16.6. The first-order valence-corrected chi connectivity index (χ1v) is 11.3. The second kappa shape index (κ2) is 13.2. The topological polar surface area (TPSA) is 63.6 Å². The fourth-order valence-electron chi connectivity index (χ4n) is 3.98. The van der Waals surface area contributed by atoms with Gasteiger partial charge in [-0.05, 0) is 55.7 Å². The van der Waals surface area contributed by atoms with Crippen LogP contribution >= 0.6 is 0 Å². The average Bonchev–Trinajstić information content (AvgIpc) is 3.03. The normalized spacial score (nSPS) is 17.8. The van der Waals surface area contributed by atoms with E-state index in [1.165, 1.54) is 31.2 Å². The van der Waals surface area contributed by atoms with Gasteiger partial charge in [-0.3, -0.25) is 9.59 Å². The lowest BCUT2D eigenvalue weighted by atomic mass is 9.85. The Balaban J connectivity index is 1.72. The van der Waals surface area contributed by atoms with Crippen LogP contribution in [0.5, 0.6) is 5.75 Å². The lowest BCUT2D eigenvalue weighted by Gasteiger charge is -2.16. The molecule has 0 bridgehead atoms. The van der Waals surface area contributed by atoms with E-state index in [0.717, 1.165) is 44.9 Å². The highest BCUT2D eigenvalue weighted by Crippen LogP contribution is 2.30. The van der Waals surface area contributed by atoms with Crippen molar-refractivity contribution < 1.29 is 19.4 Å². The van der Waals surface area contributed by atoms with Crippen molar-refractivity contribution in [2.45, 2.75) is 84.0 Å². The molecule has 0 aromatic heterocycles. The molecular formula is C25H36O4. The molecule has 0 amide bonds. The quantitative estimate of drug-likeness (QED) is 0.177. The number of hydrogen-bond donors (Lipinski definition) is 1. The number of allylic oxidation sites excluding steroid dienone is 2. The van der Waals surface area contributed by atoms with Gasteiger partial charge < -0.3 is 9.84 Å². The molecule has 4 heteroatoms. The second-order valence-electron chi connectivity index (χ2n) is 8.17. The Hall–Kier alpha value is -2.10. The number of ether oxygens (including phenoxy) is 1. The summed E-state index contributed by atoms with van der Waals surface area (Å²) in [5.41, 5.74) is 1.17. The van der Waals surface area contributed by atoms with E-state index in [-0.39, 0.29) is 30.2 Å². The fraction of sp³-hybridized carbons (Fsp3) is 0.600. The molecule has 0 aliphatic carbocycles. The molecule has 2 atom stereocenters. The maximum atomic E-state index is 12.0. The van der Waals surface area contributed by atoms with Crippen molar-refractivity contribution in [3.05, 3.63) is 42.0 Å². The maximum absolute atomic E-state index is 12.0. The van der Waals surface area contributed by atoms with Crippen LogP contribution in [0.4, 0.5) is 0 Å². The zero-order valence-electron chi connectivity index (χ0n) is 17.8. The van der Waals surface area contributed by atoms with Gasteiger partial charge in [0.1, 0.15) is 5.75 Å². The summed E-state index contributed by atoms with van der Waals surface area (Å²) in [6.07, 6.45) is 16.8. The fourth-order valence-corrected chi connectivity index (χ4v) is 3.98. The minimum absolute atomic E-state index is 0.103. The van der Waals surface area contributed by atoms with Crippen LogP contribution in [-0.4, -0.2) is 17.0 Å². The third-order valence-corrected chi connectivity index (χ3v) is 5.69. The van der Waals surface area contributed by atoms with Crippen LogP contribution in [0.2, 0.25) is 0 Å². The van der Waals surface area contributed by atoms with Crippen LogP contribution < -0.4 is 0 Å². The zero-order chi connectivity index (χ0) is 20.9. The summed E-state index contributed by atoms with van der Waals surface area (Å²) in [5.74, 6) is -0.607. The molecular weight excluding hydrogens is 364 g/mol. The van der Waals surface area contributed by atoms with E-state index in [4.69, 9.17) is 4.74 Å². The molecule has 1 aromatic carbocycles. The van der Waals surface area contributed by atoms with Gasteiger partial charge in [-0.25, -0.2) is 0 Å². The highest BCUT2D eigenvalue weighted by Gasteiger charge is 2.37. The predicted molar refractivity (Wildman–Crippen MR) is 115 cm³/mol. The smallest absolute Gasteiger partial charge is 0.317 e. The molecule has 1 aromatic rings. The SMILES string of the molecule is CCCCCCC=CC(CCCCCCc1cccc(O)c1)C1CC(=O)OC1=O. The molecule has 1 saturated heterocycles. The Morgan fingerprint density at radius 3 is 2.62 bits per heavy atom. The second-order valence-corrected chi connectivity index (χ2v) is 8.17. The Morgan fingerprint density at radius 2 is 1.90 bits per heavy atom. The molecule has 0 radical (unpaired) electrons. The number of esters is 2. The number of aryl methyl sites for hydroxylation is 1. The Labute approximate surface area is 175 Å². The standard InChI is InChI=1S/C25H36O4/c1-2-3-4-5-6-10-15-21(23-19-24(27)29-25(23)28)16-11-8-7-9-13-20-14-12-17-22(26)18-20/h10,12,14-15,17-18,21,23,26H,2-9,11,13,16,19H2,1H3. The van der Waals surface area contributed by atoms with Gasteiger partial charge in [-0.1, -0.05) is 69.7 Å². The van der Waals surface area contributed by atoms with Crippen LogP contribution in [0.15, 0.2) is 36.4 Å². The molecule has 1 heterocycles. The summed E-state index contributed by atoms with van der Waals surface area (Å²) in [6.45, 7) is 2.21. The Morgan fingerprint density at radius 1 is 1.10 bits per heavy atom. The van der Waals surface area contributed by atoms with Crippen molar-refractivity contribution in [1.82, 2.24) is 0 Å². The molecule has 4 nitrogen and oxygen atoms in total. The summed E-state index contributed by atoms with van der Waals surface area (Å²) in [6, 6.07) is 7.44. The van der Waals surface area contributed by atoms with E-state index in [9.17, 15) is 14.7 Å². The van der Waals surface area contributed by atoms with E-state index < -0.39 is 0 Å². The van der Waals surface area contributed by atoms with Crippen molar-refractivity contribution in [2.75, 3.05) is 0 Å². The number of carbonyl (C=O) groups is 2. The van der Waals surface area contributed by atoms with E-state index in [1.54, 1.807) is 6.07 Å². The third kappa shape index (κ3) is 8.84. The number of phenols is 1. The molecule has 1 aliphatic heterocycles.